The summed E-state index contributed by atoms with van der Waals surface area (Å²) in [6.45, 7) is 7.88. The van der Waals surface area contributed by atoms with Crippen LogP contribution in [0.15, 0.2) is 48.5 Å². The fraction of sp³-hybridized carbons (Fsp3) is 0.480. The number of hydrogen-bond donors (Lipinski definition) is 1. The maximum atomic E-state index is 12.9. The van der Waals surface area contributed by atoms with Crippen molar-refractivity contribution in [2.75, 3.05) is 6.54 Å². The molecule has 0 saturated carbocycles. The van der Waals surface area contributed by atoms with Crippen LogP contribution in [0.2, 0.25) is 0 Å². The van der Waals surface area contributed by atoms with Crippen LogP contribution in [0.3, 0.4) is 0 Å². The minimum atomic E-state index is -0.729. The molecule has 0 bridgehead atoms. The first-order chi connectivity index (χ1) is 13.8. The van der Waals surface area contributed by atoms with Crippen molar-refractivity contribution in [3.8, 4) is 0 Å². The fourth-order valence-electron chi connectivity index (χ4n) is 4.23. The Morgan fingerprint density at radius 2 is 1.69 bits per heavy atom. The summed E-state index contributed by atoms with van der Waals surface area (Å²) in [5.41, 5.74) is 4.54. The van der Waals surface area contributed by atoms with E-state index in [9.17, 15) is 14.3 Å². The first-order valence-corrected chi connectivity index (χ1v) is 10.5. The van der Waals surface area contributed by atoms with Crippen LogP contribution < -0.4 is 0 Å². The molecule has 1 aliphatic heterocycles. The van der Waals surface area contributed by atoms with Crippen molar-refractivity contribution < 1.29 is 14.3 Å². The van der Waals surface area contributed by atoms with Crippen molar-refractivity contribution in [3.63, 3.8) is 0 Å². The molecule has 0 radical (unpaired) electrons. The number of benzene rings is 2. The number of nitrogens with zero attached hydrogens (tertiary/aromatic N) is 1. The Hall–Kier alpha value is -2.20. The highest BCUT2D eigenvalue weighted by atomic mass is 19.1. The number of carboxylic acids is 1. The summed E-state index contributed by atoms with van der Waals surface area (Å²) in [6.07, 6.45) is 1.93. The molecule has 2 atom stereocenters. The second kappa shape index (κ2) is 9.08. The SMILES string of the molecule is CC(C)(C)c1ccc(CN2CC[C@H](CC(=O)O)C[C@@H]2c2ccc(CF)cc2)cc1. The van der Waals surface area contributed by atoms with E-state index >= 15 is 0 Å². The molecule has 1 N–H and O–H groups in total. The summed E-state index contributed by atoms with van der Waals surface area (Å²) in [5.74, 6) is -0.550. The van der Waals surface area contributed by atoms with E-state index in [0.29, 0.717) is 5.56 Å². The summed E-state index contributed by atoms with van der Waals surface area (Å²) in [5, 5.41) is 9.23. The normalized spacial score (nSPS) is 20.6. The number of rotatable bonds is 6. The summed E-state index contributed by atoms with van der Waals surface area (Å²) in [7, 11) is 0. The van der Waals surface area contributed by atoms with Crippen LogP contribution >= 0.6 is 0 Å². The van der Waals surface area contributed by atoms with Gasteiger partial charge in [-0.2, -0.15) is 0 Å². The largest absolute Gasteiger partial charge is 0.481 e. The number of carbonyl (C=O) groups is 1. The molecule has 3 rings (SSSR count). The number of likely N-dealkylation sites (tertiary alicyclic amines) is 1. The van der Waals surface area contributed by atoms with Crippen molar-refractivity contribution in [2.45, 2.75) is 64.7 Å². The van der Waals surface area contributed by atoms with Crippen LogP contribution in [-0.2, 0) is 23.4 Å². The van der Waals surface area contributed by atoms with Crippen molar-refractivity contribution in [1.29, 1.82) is 0 Å². The zero-order valence-corrected chi connectivity index (χ0v) is 17.7. The average Bonchev–Trinajstić information content (AvgIpc) is 2.68. The molecule has 4 heteroatoms. The van der Waals surface area contributed by atoms with Crippen molar-refractivity contribution in [1.82, 2.24) is 4.90 Å². The quantitative estimate of drug-likeness (QED) is 0.661. The highest BCUT2D eigenvalue weighted by Crippen LogP contribution is 2.37. The number of carboxylic acid groups (broad SMARTS) is 1. The average molecular weight is 398 g/mol. The zero-order chi connectivity index (χ0) is 21.0. The van der Waals surface area contributed by atoms with Gasteiger partial charge >= 0.3 is 5.97 Å². The highest BCUT2D eigenvalue weighted by molar-refractivity contribution is 5.67. The second-order valence-electron chi connectivity index (χ2n) is 9.30. The van der Waals surface area contributed by atoms with Gasteiger partial charge in [0.2, 0.25) is 0 Å². The number of aliphatic carboxylic acids is 1. The molecule has 1 heterocycles. The van der Waals surface area contributed by atoms with Crippen LogP contribution in [0.5, 0.6) is 0 Å². The van der Waals surface area contributed by atoms with E-state index in [1.54, 1.807) is 0 Å². The van der Waals surface area contributed by atoms with Gasteiger partial charge in [-0.05, 0) is 53.0 Å². The summed E-state index contributed by atoms with van der Waals surface area (Å²) >= 11 is 0. The van der Waals surface area contributed by atoms with Gasteiger partial charge in [-0.25, -0.2) is 4.39 Å². The molecule has 0 aliphatic carbocycles. The van der Waals surface area contributed by atoms with Crippen molar-refractivity contribution >= 4 is 5.97 Å². The molecule has 0 amide bonds. The topological polar surface area (TPSA) is 40.5 Å². The first kappa shape index (κ1) is 21.5. The van der Waals surface area contributed by atoms with Gasteiger partial charge in [-0.3, -0.25) is 9.69 Å². The van der Waals surface area contributed by atoms with E-state index < -0.39 is 12.6 Å². The minimum absolute atomic E-state index is 0.133. The molecule has 0 spiro atoms. The summed E-state index contributed by atoms with van der Waals surface area (Å²) < 4.78 is 12.9. The van der Waals surface area contributed by atoms with Gasteiger partial charge in [-0.1, -0.05) is 69.3 Å². The molecule has 156 valence electrons. The lowest BCUT2D eigenvalue weighted by Crippen LogP contribution is -2.37. The molecular weight excluding hydrogens is 365 g/mol. The number of alkyl halides is 1. The maximum absolute atomic E-state index is 12.9. The van der Waals surface area contributed by atoms with E-state index in [1.165, 1.54) is 11.1 Å². The molecule has 1 aliphatic rings. The smallest absolute Gasteiger partial charge is 0.303 e. The minimum Gasteiger partial charge on any atom is -0.481 e. The maximum Gasteiger partial charge on any atom is 0.303 e. The van der Waals surface area contributed by atoms with Gasteiger partial charge < -0.3 is 5.11 Å². The van der Waals surface area contributed by atoms with E-state index in [1.807, 2.05) is 24.3 Å². The summed E-state index contributed by atoms with van der Waals surface area (Å²) in [4.78, 5) is 13.7. The van der Waals surface area contributed by atoms with Crippen LogP contribution in [-0.4, -0.2) is 22.5 Å². The molecule has 1 fully saturated rings. The lowest BCUT2D eigenvalue weighted by molar-refractivity contribution is -0.138. The Morgan fingerprint density at radius 1 is 1.07 bits per heavy atom. The van der Waals surface area contributed by atoms with Crippen LogP contribution in [0, 0.1) is 5.92 Å². The first-order valence-electron chi connectivity index (χ1n) is 10.5. The third kappa shape index (κ3) is 5.66. The molecule has 0 unspecified atom stereocenters. The Balaban J connectivity index is 1.79. The lowest BCUT2D eigenvalue weighted by Gasteiger charge is -2.39. The number of piperidine rings is 1. The standard InChI is InChI=1S/C25H32FNO2/c1-25(2,3)22-10-6-19(7-11-22)17-27-13-12-20(15-24(28)29)14-23(27)21-8-4-18(16-26)5-9-21/h4-11,20,23H,12-17H2,1-3H3,(H,28,29)/t20-,23+/m0/s1. The lowest BCUT2D eigenvalue weighted by atomic mass is 9.84. The predicted molar refractivity (Wildman–Crippen MR) is 115 cm³/mol. The molecule has 0 aromatic heterocycles. The Labute approximate surface area is 173 Å². The molecule has 2 aromatic carbocycles. The molecule has 2 aromatic rings. The third-order valence-electron chi connectivity index (χ3n) is 6.01. The monoisotopic (exact) mass is 397 g/mol. The van der Waals surface area contributed by atoms with Crippen molar-refractivity contribution in [2.24, 2.45) is 5.92 Å². The zero-order valence-electron chi connectivity index (χ0n) is 17.7. The molecule has 29 heavy (non-hydrogen) atoms. The fourth-order valence-corrected chi connectivity index (χ4v) is 4.23. The summed E-state index contributed by atoms with van der Waals surface area (Å²) in [6, 6.07) is 16.6. The van der Waals surface area contributed by atoms with Crippen molar-refractivity contribution in [3.05, 3.63) is 70.8 Å². The van der Waals surface area contributed by atoms with Crippen LogP contribution in [0.25, 0.3) is 0 Å². The van der Waals surface area contributed by atoms with Gasteiger partial charge in [0.25, 0.3) is 0 Å². The van der Waals surface area contributed by atoms with E-state index in [2.05, 4.69) is 49.9 Å². The Morgan fingerprint density at radius 3 is 2.24 bits per heavy atom. The van der Waals surface area contributed by atoms with Gasteiger partial charge in [0.1, 0.15) is 6.67 Å². The van der Waals surface area contributed by atoms with Gasteiger partial charge in [0, 0.05) is 19.0 Å². The van der Waals surface area contributed by atoms with Crippen LogP contribution in [0.1, 0.15) is 68.3 Å². The van der Waals surface area contributed by atoms with Gasteiger partial charge in [0.15, 0.2) is 0 Å². The molecular formula is C25H32FNO2. The number of hydrogen-bond acceptors (Lipinski definition) is 2. The van der Waals surface area contributed by atoms with E-state index in [0.717, 1.165) is 31.5 Å². The van der Waals surface area contributed by atoms with Gasteiger partial charge in [-0.15, -0.1) is 0 Å². The third-order valence-corrected chi connectivity index (χ3v) is 6.01. The van der Waals surface area contributed by atoms with E-state index in [4.69, 9.17) is 0 Å². The number of halogens is 1. The van der Waals surface area contributed by atoms with Crippen LogP contribution in [0.4, 0.5) is 4.39 Å². The van der Waals surface area contributed by atoms with Gasteiger partial charge in [0.05, 0.1) is 0 Å². The second-order valence-corrected chi connectivity index (χ2v) is 9.30. The predicted octanol–water partition coefficient (Wildman–Crippen LogP) is 5.88. The van der Waals surface area contributed by atoms with E-state index in [-0.39, 0.29) is 23.8 Å². The Kier molecular flexibility index (Phi) is 6.74. The molecule has 3 nitrogen and oxygen atoms in total. The Bertz CT molecular complexity index is 808. The highest BCUT2D eigenvalue weighted by Gasteiger charge is 2.30. The molecule has 1 saturated heterocycles.